The van der Waals surface area contributed by atoms with Gasteiger partial charge < -0.3 is 29.5 Å². The molecule has 8 nitrogen and oxygen atoms in total. The van der Waals surface area contributed by atoms with Crippen LogP contribution < -0.4 is 20.5 Å². The molecule has 1 amide bonds. The van der Waals surface area contributed by atoms with Crippen molar-refractivity contribution >= 4 is 11.8 Å². The molecule has 0 radical (unpaired) electrons. The lowest BCUT2D eigenvalue weighted by Crippen LogP contribution is -2.23. The van der Waals surface area contributed by atoms with Gasteiger partial charge in [0, 0.05) is 6.54 Å². The quantitative estimate of drug-likeness (QED) is 0.755. The van der Waals surface area contributed by atoms with Crippen LogP contribution in [0.4, 0.5) is 5.88 Å². The highest BCUT2D eigenvalue weighted by molar-refractivity contribution is 6.03. The Kier molecular flexibility index (Phi) is 3.34. The van der Waals surface area contributed by atoms with E-state index >= 15 is 0 Å². The third-order valence-electron chi connectivity index (χ3n) is 3.59. The van der Waals surface area contributed by atoms with Crippen molar-refractivity contribution in [3.05, 3.63) is 47.7 Å². The van der Waals surface area contributed by atoms with Gasteiger partial charge in [0.05, 0.1) is 6.26 Å². The van der Waals surface area contributed by atoms with Crippen molar-refractivity contribution in [1.29, 1.82) is 0 Å². The molecule has 0 saturated carbocycles. The van der Waals surface area contributed by atoms with Crippen LogP contribution in [0.1, 0.15) is 15.9 Å². The van der Waals surface area contributed by atoms with E-state index in [0.717, 1.165) is 5.56 Å². The minimum atomic E-state index is -0.405. The van der Waals surface area contributed by atoms with Gasteiger partial charge in [-0.15, -0.1) is 0 Å². The summed E-state index contributed by atoms with van der Waals surface area (Å²) in [6, 6.07) is 8.82. The normalized spacial score (nSPS) is 12.3. The van der Waals surface area contributed by atoms with Crippen LogP contribution in [0.15, 0.2) is 45.5 Å². The fourth-order valence-corrected chi connectivity index (χ4v) is 2.43. The molecular weight excluding hydrogens is 314 g/mol. The maximum Gasteiger partial charge on any atom is 0.259 e. The molecule has 0 bridgehead atoms. The number of amides is 1. The summed E-state index contributed by atoms with van der Waals surface area (Å²) in [5.41, 5.74) is 6.99. The zero-order valence-corrected chi connectivity index (χ0v) is 12.4. The SMILES string of the molecule is Nc1onc(-c2ccco2)c1C(=O)NCc1ccc2c(c1)OCO2. The summed E-state index contributed by atoms with van der Waals surface area (Å²) in [7, 11) is 0. The fourth-order valence-electron chi connectivity index (χ4n) is 2.43. The van der Waals surface area contributed by atoms with Crippen LogP contribution in [0, 0.1) is 0 Å². The Hall–Kier alpha value is -3.42. The van der Waals surface area contributed by atoms with Crippen molar-refractivity contribution in [2.45, 2.75) is 6.54 Å². The van der Waals surface area contributed by atoms with Crippen LogP contribution in [0.3, 0.4) is 0 Å². The van der Waals surface area contributed by atoms with E-state index in [-0.39, 0.29) is 30.5 Å². The molecule has 3 N–H and O–H groups in total. The Bertz CT molecular complexity index is 885. The van der Waals surface area contributed by atoms with E-state index in [9.17, 15) is 4.79 Å². The number of nitrogen functional groups attached to an aromatic ring is 1. The minimum absolute atomic E-state index is 0.0652. The van der Waals surface area contributed by atoms with Crippen molar-refractivity contribution in [1.82, 2.24) is 10.5 Å². The zero-order chi connectivity index (χ0) is 16.5. The predicted octanol–water partition coefficient (Wildman–Crippen LogP) is 2.18. The topological polar surface area (TPSA) is 113 Å². The highest BCUT2D eigenvalue weighted by Gasteiger charge is 2.24. The van der Waals surface area contributed by atoms with Gasteiger partial charge in [0.25, 0.3) is 5.91 Å². The molecule has 122 valence electrons. The van der Waals surface area contributed by atoms with Crippen molar-refractivity contribution in [3.8, 4) is 23.0 Å². The Morgan fingerprint density at radius 3 is 2.96 bits per heavy atom. The lowest BCUT2D eigenvalue weighted by Gasteiger charge is -2.06. The standard InChI is InChI=1S/C16H13N3O5/c17-15-13(14(19-24-15)11-2-1-5-21-11)16(20)18-7-9-3-4-10-12(6-9)23-8-22-10/h1-6H,7-8,17H2,(H,18,20). The molecule has 2 aromatic heterocycles. The first kappa shape index (κ1) is 14.2. The number of nitrogens with two attached hydrogens (primary N) is 1. The Labute approximate surface area is 136 Å². The van der Waals surface area contributed by atoms with Crippen LogP contribution in [0.25, 0.3) is 11.5 Å². The number of ether oxygens (including phenoxy) is 2. The van der Waals surface area contributed by atoms with E-state index in [1.54, 1.807) is 18.2 Å². The van der Waals surface area contributed by atoms with Crippen LogP contribution in [0.5, 0.6) is 11.5 Å². The zero-order valence-electron chi connectivity index (χ0n) is 12.4. The van der Waals surface area contributed by atoms with Crippen LogP contribution in [0.2, 0.25) is 0 Å². The largest absolute Gasteiger partial charge is 0.463 e. The van der Waals surface area contributed by atoms with Gasteiger partial charge >= 0.3 is 0 Å². The van der Waals surface area contributed by atoms with E-state index in [1.165, 1.54) is 6.26 Å². The first-order valence-corrected chi connectivity index (χ1v) is 7.18. The lowest BCUT2D eigenvalue weighted by molar-refractivity contribution is 0.0951. The summed E-state index contributed by atoms with van der Waals surface area (Å²) in [5.74, 6) is 1.28. The van der Waals surface area contributed by atoms with Crippen molar-refractivity contribution in [2.24, 2.45) is 0 Å². The second kappa shape index (κ2) is 5.65. The average Bonchev–Trinajstić information content (AvgIpc) is 3.32. The first-order chi connectivity index (χ1) is 11.7. The number of anilines is 1. The molecule has 1 aliphatic heterocycles. The van der Waals surface area contributed by atoms with Crippen LogP contribution in [-0.2, 0) is 6.54 Å². The molecule has 1 aromatic carbocycles. The number of carbonyl (C=O) groups is 1. The van der Waals surface area contributed by atoms with E-state index in [0.29, 0.717) is 17.3 Å². The molecule has 0 aliphatic carbocycles. The molecule has 3 aromatic rings. The number of rotatable bonds is 4. The van der Waals surface area contributed by atoms with Gasteiger partial charge in [-0.1, -0.05) is 11.2 Å². The number of aromatic nitrogens is 1. The molecule has 0 unspecified atom stereocenters. The van der Waals surface area contributed by atoms with E-state index < -0.39 is 5.91 Å². The van der Waals surface area contributed by atoms with Gasteiger partial charge in [0.1, 0.15) is 5.56 Å². The molecule has 0 fully saturated rings. The highest BCUT2D eigenvalue weighted by atomic mass is 16.7. The molecule has 3 heterocycles. The third kappa shape index (κ3) is 2.43. The molecule has 1 aliphatic rings. The molecular formula is C16H13N3O5. The predicted molar refractivity (Wildman–Crippen MR) is 82.4 cm³/mol. The van der Waals surface area contributed by atoms with Gasteiger partial charge in [-0.05, 0) is 29.8 Å². The van der Waals surface area contributed by atoms with Crippen LogP contribution >= 0.6 is 0 Å². The summed E-state index contributed by atoms with van der Waals surface area (Å²) in [6.07, 6.45) is 1.48. The van der Waals surface area contributed by atoms with Gasteiger partial charge in [-0.2, -0.15) is 0 Å². The first-order valence-electron chi connectivity index (χ1n) is 7.18. The molecule has 0 atom stereocenters. The second-order valence-corrected chi connectivity index (χ2v) is 5.12. The van der Waals surface area contributed by atoms with E-state index in [4.69, 9.17) is 24.1 Å². The smallest absolute Gasteiger partial charge is 0.259 e. The summed E-state index contributed by atoms with van der Waals surface area (Å²) in [6.45, 7) is 0.493. The summed E-state index contributed by atoms with van der Waals surface area (Å²) in [5, 5.41) is 6.57. The third-order valence-corrected chi connectivity index (χ3v) is 3.59. The van der Waals surface area contributed by atoms with Gasteiger partial charge in [-0.25, -0.2) is 0 Å². The van der Waals surface area contributed by atoms with Crippen molar-refractivity contribution in [3.63, 3.8) is 0 Å². The monoisotopic (exact) mass is 327 g/mol. The Morgan fingerprint density at radius 2 is 2.12 bits per heavy atom. The molecule has 0 spiro atoms. The van der Waals surface area contributed by atoms with Crippen molar-refractivity contribution < 1.29 is 23.2 Å². The number of hydrogen-bond acceptors (Lipinski definition) is 7. The molecule has 8 heteroatoms. The number of furan rings is 1. The van der Waals surface area contributed by atoms with Crippen LogP contribution in [-0.4, -0.2) is 17.9 Å². The van der Waals surface area contributed by atoms with E-state index in [2.05, 4.69) is 10.5 Å². The molecule has 4 rings (SSSR count). The minimum Gasteiger partial charge on any atom is -0.463 e. The van der Waals surface area contributed by atoms with Crippen molar-refractivity contribution in [2.75, 3.05) is 12.5 Å². The number of benzene rings is 1. The maximum absolute atomic E-state index is 12.5. The number of nitrogens with zero attached hydrogens (tertiary/aromatic N) is 1. The lowest BCUT2D eigenvalue weighted by atomic mass is 10.1. The molecule has 24 heavy (non-hydrogen) atoms. The number of carbonyl (C=O) groups excluding carboxylic acids is 1. The number of hydrogen-bond donors (Lipinski definition) is 2. The van der Waals surface area contributed by atoms with E-state index in [1.807, 2.05) is 12.1 Å². The summed E-state index contributed by atoms with van der Waals surface area (Å²) >= 11 is 0. The fraction of sp³-hybridized carbons (Fsp3) is 0.125. The number of nitrogens with one attached hydrogen (secondary N) is 1. The maximum atomic E-state index is 12.5. The van der Waals surface area contributed by atoms with Gasteiger partial charge in [0.2, 0.25) is 12.7 Å². The Morgan fingerprint density at radius 1 is 1.25 bits per heavy atom. The number of fused-ring (bicyclic) bond motifs is 1. The highest BCUT2D eigenvalue weighted by Crippen LogP contribution is 2.32. The second-order valence-electron chi connectivity index (χ2n) is 5.12. The summed E-state index contributed by atoms with van der Waals surface area (Å²) in [4.78, 5) is 12.5. The molecule has 0 saturated heterocycles. The summed E-state index contributed by atoms with van der Waals surface area (Å²) < 4.78 is 20.7. The average molecular weight is 327 g/mol. The van der Waals surface area contributed by atoms with Gasteiger partial charge in [-0.3, -0.25) is 4.79 Å². The Balaban J connectivity index is 1.52. The van der Waals surface area contributed by atoms with Gasteiger partial charge in [0.15, 0.2) is 23.0 Å².